The number of aromatic nitrogens is 2. The van der Waals surface area contributed by atoms with Crippen molar-refractivity contribution >= 4 is 33.2 Å². The molecular weight excluding hydrogens is 310 g/mol. The van der Waals surface area contributed by atoms with Crippen LogP contribution in [-0.4, -0.2) is 21.3 Å². The second kappa shape index (κ2) is 5.21. The van der Waals surface area contributed by atoms with Crippen molar-refractivity contribution in [2.75, 3.05) is 5.32 Å². The van der Waals surface area contributed by atoms with Gasteiger partial charge in [-0.2, -0.15) is 5.10 Å². The van der Waals surface area contributed by atoms with Gasteiger partial charge in [0.05, 0.1) is 17.4 Å². The minimum atomic E-state index is -0.520. The van der Waals surface area contributed by atoms with Crippen LogP contribution in [0.3, 0.4) is 0 Å². The van der Waals surface area contributed by atoms with Gasteiger partial charge in [-0.1, -0.05) is 15.9 Å². The van der Waals surface area contributed by atoms with Crippen LogP contribution in [0.1, 0.15) is 26.3 Å². The minimum absolute atomic E-state index is 0.470. The summed E-state index contributed by atoms with van der Waals surface area (Å²) < 4.78 is 6.97. The highest BCUT2D eigenvalue weighted by Crippen LogP contribution is 2.21. The number of fused-ring (bicyclic) bond motifs is 1. The normalized spacial score (nSPS) is 11.6. The molecule has 2 aromatic heterocycles. The van der Waals surface area contributed by atoms with Crippen molar-refractivity contribution < 1.29 is 9.53 Å². The van der Waals surface area contributed by atoms with Crippen molar-refractivity contribution in [3.63, 3.8) is 0 Å². The maximum absolute atomic E-state index is 11.8. The van der Waals surface area contributed by atoms with Gasteiger partial charge in [0, 0.05) is 11.5 Å². The molecule has 0 radical (unpaired) electrons. The Morgan fingerprint density at radius 3 is 2.89 bits per heavy atom. The number of carbonyl (C=O) groups is 1. The molecule has 0 aliphatic heterocycles. The standard InChI is InChI=1S/C13H16BrN3O2/c1-13(2,3)19-12(18)16-10-6-9(7-14)8-17-11(10)4-5-15-17/h4-6,8H,7H2,1-3H3,(H,16,18). The van der Waals surface area contributed by atoms with Crippen LogP contribution < -0.4 is 5.32 Å². The molecule has 1 N–H and O–H groups in total. The quantitative estimate of drug-likeness (QED) is 0.858. The van der Waals surface area contributed by atoms with E-state index in [0.29, 0.717) is 11.0 Å². The van der Waals surface area contributed by atoms with Crippen molar-refractivity contribution in [1.82, 2.24) is 9.61 Å². The highest BCUT2D eigenvalue weighted by Gasteiger charge is 2.17. The van der Waals surface area contributed by atoms with Crippen molar-refractivity contribution in [1.29, 1.82) is 0 Å². The fourth-order valence-electron chi connectivity index (χ4n) is 1.67. The summed E-state index contributed by atoms with van der Waals surface area (Å²) in [4.78, 5) is 11.8. The van der Waals surface area contributed by atoms with Crippen molar-refractivity contribution in [2.24, 2.45) is 0 Å². The molecule has 0 spiro atoms. The van der Waals surface area contributed by atoms with Crippen LogP contribution >= 0.6 is 15.9 Å². The topological polar surface area (TPSA) is 55.6 Å². The molecule has 0 saturated heterocycles. The SMILES string of the molecule is CC(C)(C)OC(=O)Nc1cc(CBr)cn2nccc12. The zero-order valence-electron chi connectivity index (χ0n) is 11.1. The Kier molecular flexibility index (Phi) is 3.80. The van der Waals surface area contributed by atoms with E-state index in [1.807, 2.05) is 39.1 Å². The molecule has 0 aliphatic rings. The molecule has 0 atom stereocenters. The number of pyridine rings is 1. The molecule has 19 heavy (non-hydrogen) atoms. The average molecular weight is 326 g/mol. The zero-order valence-corrected chi connectivity index (χ0v) is 12.7. The maximum atomic E-state index is 11.8. The molecule has 0 aromatic carbocycles. The largest absolute Gasteiger partial charge is 0.444 e. The van der Waals surface area contributed by atoms with E-state index in [9.17, 15) is 4.79 Å². The van der Waals surface area contributed by atoms with Crippen molar-refractivity contribution in [3.05, 3.63) is 30.1 Å². The Morgan fingerprint density at radius 2 is 2.26 bits per heavy atom. The molecule has 2 heterocycles. The van der Waals surface area contributed by atoms with Crippen molar-refractivity contribution in [3.8, 4) is 0 Å². The summed E-state index contributed by atoms with van der Waals surface area (Å²) in [5.74, 6) is 0. The Morgan fingerprint density at radius 1 is 1.53 bits per heavy atom. The number of anilines is 1. The summed E-state index contributed by atoms with van der Waals surface area (Å²) in [5, 5.41) is 7.62. The van der Waals surface area contributed by atoms with E-state index in [1.54, 1.807) is 10.7 Å². The lowest BCUT2D eigenvalue weighted by atomic mass is 10.2. The second-order valence-corrected chi connectivity index (χ2v) is 5.74. The Labute approximate surface area is 120 Å². The molecule has 0 saturated carbocycles. The summed E-state index contributed by atoms with van der Waals surface area (Å²) in [5.41, 5.74) is 2.01. The lowest BCUT2D eigenvalue weighted by Crippen LogP contribution is -2.27. The van der Waals surface area contributed by atoms with Crippen molar-refractivity contribution in [2.45, 2.75) is 31.7 Å². The van der Waals surface area contributed by atoms with Crippen LogP contribution in [0.25, 0.3) is 5.52 Å². The monoisotopic (exact) mass is 325 g/mol. The molecule has 0 bridgehead atoms. The molecule has 0 aliphatic carbocycles. The fourth-order valence-corrected chi connectivity index (χ4v) is 1.98. The number of carbonyl (C=O) groups excluding carboxylic acids is 1. The van der Waals surface area contributed by atoms with E-state index in [4.69, 9.17) is 4.74 Å². The lowest BCUT2D eigenvalue weighted by molar-refractivity contribution is 0.0636. The molecule has 102 valence electrons. The molecule has 6 heteroatoms. The van der Waals surface area contributed by atoms with Crippen LogP contribution in [-0.2, 0) is 10.1 Å². The van der Waals surface area contributed by atoms with Gasteiger partial charge in [-0.15, -0.1) is 0 Å². The molecule has 0 fully saturated rings. The first kappa shape index (κ1) is 13.9. The highest BCUT2D eigenvalue weighted by atomic mass is 79.9. The Hall–Kier alpha value is -1.56. The molecular formula is C13H16BrN3O2. The predicted octanol–water partition coefficient (Wildman–Crippen LogP) is 3.58. The van der Waals surface area contributed by atoms with Gasteiger partial charge in [0.2, 0.25) is 0 Å². The molecule has 0 unspecified atom stereocenters. The molecule has 1 amide bonds. The number of nitrogens with zero attached hydrogens (tertiary/aromatic N) is 2. The first-order valence-electron chi connectivity index (χ1n) is 5.91. The molecule has 2 aromatic rings. The number of halogens is 1. The second-order valence-electron chi connectivity index (χ2n) is 5.18. The van der Waals surface area contributed by atoms with E-state index < -0.39 is 11.7 Å². The first-order valence-corrected chi connectivity index (χ1v) is 7.03. The number of rotatable bonds is 2. The Bertz CT molecular complexity index is 601. The minimum Gasteiger partial charge on any atom is -0.444 e. The van der Waals surface area contributed by atoms with Gasteiger partial charge >= 0.3 is 6.09 Å². The van der Waals surface area contributed by atoms with E-state index in [1.165, 1.54) is 0 Å². The van der Waals surface area contributed by atoms with Gasteiger partial charge in [-0.25, -0.2) is 9.31 Å². The number of nitrogens with one attached hydrogen (secondary N) is 1. The summed E-state index contributed by atoms with van der Waals surface area (Å²) in [6, 6.07) is 3.74. The highest BCUT2D eigenvalue weighted by molar-refractivity contribution is 9.08. The summed E-state index contributed by atoms with van der Waals surface area (Å²) in [6.45, 7) is 5.49. The van der Waals surface area contributed by atoms with Crippen LogP contribution in [0, 0.1) is 0 Å². The molecule has 2 rings (SSSR count). The lowest BCUT2D eigenvalue weighted by Gasteiger charge is -2.20. The van der Waals surface area contributed by atoms with Gasteiger partial charge in [0.15, 0.2) is 0 Å². The number of hydrogen-bond acceptors (Lipinski definition) is 3. The van der Waals surface area contributed by atoms with Crippen LogP contribution in [0.4, 0.5) is 10.5 Å². The average Bonchev–Trinajstić information content (AvgIpc) is 2.74. The number of amides is 1. The van der Waals surface area contributed by atoms with E-state index in [-0.39, 0.29) is 0 Å². The number of alkyl halides is 1. The summed E-state index contributed by atoms with van der Waals surface area (Å²) in [7, 11) is 0. The first-order chi connectivity index (χ1) is 8.89. The number of ether oxygens (including phenoxy) is 1. The summed E-state index contributed by atoms with van der Waals surface area (Å²) in [6.07, 6.45) is 3.13. The number of hydrogen-bond donors (Lipinski definition) is 1. The smallest absolute Gasteiger partial charge is 0.412 e. The third-order valence-electron chi connectivity index (χ3n) is 2.35. The van der Waals surface area contributed by atoms with Crippen LogP contribution in [0.5, 0.6) is 0 Å². The summed E-state index contributed by atoms with van der Waals surface area (Å²) >= 11 is 3.40. The fraction of sp³-hybridized carbons (Fsp3) is 0.385. The maximum Gasteiger partial charge on any atom is 0.412 e. The van der Waals surface area contributed by atoms with E-state index in [2.05, 4.69) is 26.3 Å². The van der Waals surface area contributed by atoms with Gasteiger partial charge < -0.3 is 4.74 Å². The molecule has 5 nitrogen and oxygen atoms in total. The van der Waals surface area contributed by atoms with E-state index >= 15 is 0 Å². The van der Waals surface area contributed by atoms with Crippen LogP contribution in [0.2, 0.25) is 0 Å². The van der Waals surface area contributed by atoms with Gasteiger partial charge in [-0.05, 0) is 38.5 Å². The third kappa shape index (κ3) is 3.47. The van der Waals surface area contributed by atoms with Gasteiger partial charge in [0.1, 0.15) is 5.60 Å². The van der Waals surface area contributed by atoms with Crippen LogP contribution in [0.15, 0.2) is 24.5 Å². The van der Waals surface area contributed by atoms with Gasteiger partial charge in [-0.3, -0.25) is 5.32 Å². The van der Waals surface area contributed by atoms with Gasteiger partial charge in [0.25, 0.3) is 0 Å². The zero-order chi connectivity index (χ0) is 14.0. The predicted molar refractivity (Wildman–Crippen MR) is 77.7 cm³/mol. The van der Waals surface area contributed by atoms with E-state index in [0.717, 1.165) is 11.1 Å². The third-order valence-corrected chi connectivity index (χ3v) is 3.00. The Balaban J connectivity index is 2.29.